The average molecular weight is 261 g/mol. The molecule has 2 heteroatoms. The van der Waals surface area contributed by atoms with Crippen LogP contribution in [0.25, 0.3) is 0 Å². The molecule has 1 saturated carbocycles. The quantitative estimate of drug-likeness (QED) is 0.898. The predicted molar refractivity (Wildman–Crippen MR) is 80.2 cm³/mol. The number of aryl methyl sites for hydroxylation is 3. The lowest BCUT2D eigenvalue weighted by atomic mass is 9.98. The molecule has 0 aromatic heterocycles. The van der Waals surface area contributed by atoms with Gasteiger partial charge in [0.15, 0.2) is 0 Å². The number of rotatable bonds is 4. The van der Waals surface area contributed by atoms with Gasteiger partial charge in [-0.3, -0.25) is 0 Å². The Balaban J connectivity index is 2.10. The van der Waals surface area contributed by atoms with E-state index in [1.807, 2.05) is 0 Å². The molecule has 2 nitrogen and oxygen atoms in total. The first-order chi connectivity index (χ1) is 8.96. The van der Waals surface area contributed by atoms with E-state index in [9.17, 15) is 0 Å². The molecule has 1 fully saturated rings. The smallest absolute Gasteiger partial charge is 0.0811 e. The lowest BCUT2D eigenvalue weighted by Gasteiger charge is -2.29. The number of nitrogens with two attached hydrogens (primary N) is 1. The van der Waals surface area contributed by atoms with Crippen molar-refractivity contribution < 1.29 is 4.74 Å². The minimum atomic E-state index is -0.0802. The van der Waals surface area contributed by atoms with Crippen molar-refractivity contribution in [3.8, 4) is 0 Å². The maximum atomic E-state index is 6.27. The molecule has 0 bridgehead atoms. The summed E-state index contributed by atoms with van der Waals surface area (Å²) in [6.07, 6.45) is 3.45. The van der Waals surface area contributed by atoms with Gasteiger partial charge >= 0.3 is 0 Å². The molecule has 0 heterocycles. The molecule has 0 aliphatic heterocycles. The predicted octanol–water partition coefficient (Wildman–Crippen LogP) is 3.65. The second kappa shape index (κ2) is 5.64. The highest BCUT2D eigenvalue weighted by Crippen LogP contribution is 2.37. The molecule has 19 heavy (non-hydrogen) atoms. The van der Waals surface area contributed by atoms with E-state index in [0.717, 1.165) is 18.8 Å². The van der Waals surface area contributed by atoms with E-state index in [-0.39, 0.29) is 5.60 Å². The van der Waals surface area contributed by atoms with Gasteiger partial charge in [0.2, 0.25) is 0 Å². The third-order valence-corrected chi connectivity index (χ3v) is 4.55. The van der Waals surface area contributed by atoms with E-state index < -0.39 is 0 Å². The molecule has 1 aromatic carbocycles. The monoisotopic (exact) mass is 261 g/mol. The largest absolute Gasteiger partial charge is 0.369 e. The van der Waals surface area contributed by atoms with Crippen molar-refractivity contribution in [1.82, 2.24) is 0 Å². The van der Waals surface area contributed by atoms with Crippen molar-refractivity contribution in [3.05, 3.63) is 34.4 Å². The lowest BCUT2D eigenvalue weighted by molar-refractivity contribution is -0.0474. The van der Waals surface area contributed by atoms with Crippen LogP contribution in [0, 0.1) is 26.7 Å². The van der Waals surface area contributed by atoms with Crippen molar-refractivity contribution in [3.63, 3.8) is 0 Å². The van der Waals surface area contributed by atoms with Gasteiger partial charge in [-0.25, -0.2) is 0 Å². The number of benzene rings is 1. The van der Waals surface area contributed by atoms with Crippen LogP contribution in [0.2, 0.25) is 0 Å². The average Bonchev–Trinajstić information content (AvgIpc) is 2.70. The van der Waals surface area contributed by atoms with E-state index >= 15 is 0 Å². The molecule has 1 aliphatic rings. The highest BCUT2D eigenvalue weighted by molar-refractivity contribution is 5.37. The SMILES string of the molecule is Cc1cc(C)c(COC2(CN)CCC(C)C2)c(C)c1. The zero-order chi connectivity index (χ0) is 14.0. The molecule has 0 saturated heterocycles. The van der Waals surface area contributed by atoms with E-state index in [0.29, 0.717) is 13.2 Å². The Morgan fingerprint density at radius 1 is 1.26 bits per heavy atom. The summed E-state index contributed by atoms with van der Waals surface area (Å²) < 4.78 is 6.27. The first kappa shape index (κ1) is 14.5. The van der Waals surface area contributed by atoms with Crippen LogP contribution in [-0.2, 0) is 11.3 Å². The molecule has 1 aliphatic carbocycles. The fourth-order valence-corrected chi connectivity index (χ4v) is 3.39. The van der Waals surface area contributed by atoms with Gasteiger partial charge in [-0.15, -0.1) is 0 Å². The van der Waals surface area contributed by atoms with E-state index in [2.05, 4.69) is 39.8 Å². The Hall–Kier alpha value is -0.860. The van der Waals surface area contributed by atoms with E-state index in [4.69, 9.17) is 10.5 Å². The summed E-state index contributed by atoms with van der Waals surface area (Å²) >= 11 is 0. The molecule has 2 unspecified atom stereocenters. The highest BCUT2D eigenvalue weighted by Gasteiger charge is 2.37. The third-order valence-electron chi connectivity index (χ3n) is 4.55. The normalized spacial score (nSPS) is 26.9. The summed E-state index contributed by atoms with van der Waals surface area (Å²) in [7, 11) is 0. The minimum absolute atomic E-state index is 0.0802. The van der Waals surface area contributed by atoms with Crippen molar-refractivity contribution >= 4 is 0 Å². The fraction of sp³-hybridized carbons (Fsp3) is 0.647. The van der Waals surface area contributed by atoms with Crippen LogP contribution in [-0.4, -0.2) is 12.1 Å². The summed E-state index contributed by atoms with van der Waals surface area (Å²) in [4.78, 5) is 0. The zero-order valence-corrected chi connectivity index (χ0v) is 12.8. The Kier molecular flexibility index (Phi) is 4.32. The number of ether oxygens (including phenoxy) is 1. The second-order valence-electron chi connectivity index (χ2n) is 6.40. The van der Waals surface area contributed by atoms with Crippen LogP contribution in [0.5, 0.6) is 0 Å². The molecular formula is C17H27NO. The van der Waals surface area contributed by atoms with Crippen LogP contribution >= 0.6 is 0 Å². The summed E-state index contributed by atoms with van der Waals surface area (Å²) in [5.41, 5.74) is 11.2. The van der Waals surface area contributed by atoms with Crippen molar-refractivity contribution in [2.24, 2.45) is 11.7 Å². The minimum Gasteiger partial charge on any atom is -0.369 e. The first-order valence-corrected chi connectivity index (χ1v) is 7.36. The highest BCUT2D eigenvalue weighted by atomic mass is 16.5. The molecule has 2 rings (SSSR count). The first-order valence-electron chi connectivity index (χ1n) is 7.36. The van der Waals surface area contributed by atoms with Crippen molar-refractivity contribution in [1.29, 1.82) is 0 Å². The Morgan fingerprint density at radius 3 is 2.37 bits per heavy atom. The summed E-state index contributed by atoms with van der Waals surface area (Å²) in [5, 5.41) is 0. The maximum Gasteiger partial charge on any atom is 0.0811 e. The summed E-state index contributed by atoms with van der Waals surface area (Å²) in [6.45, 7) is 10.1. The lowest BCUT2D eigenvalue weighted by Crippen LogP contribution is -2.38. The molecule has 0 spiro atoms. The molecule has 1 aromatic rings. The van der Waals surface area contributed by atoms with Crippen LogP contribution in [0.3, 0.4) is 0 Å². The second-order valence-corrected chi connectivity index (χ2v) is 6.40. The topological polar surface area (TPSA) is 35.2 Å². The fourth-order valence-electron chi connectivity index (χ4n) is 3.39. The molecule has 2 atom stereocenters. The van der Waals surface area contributed by atoms with Crippen molar-refractivity contribution in [2.45, 2.75) is 59.2 Å². The van der Waals surface area contributed by atoms with Gasteiger partial charge in [0.25, 0.3) is 0 Å². The van der Waals surface area contributed by atoms with Gasteiger partial charge in [-0.2, -0.15) is 0 Å². The van der Waals surface area contributed by atoms with Crippen LogP contribution < -0.4 is 5.73 Å². The number of hydrogen-bond acceptors (Lipinski definition) is 2. The molecule has 0 amide bonds. The summed E-state index contributed by atoms with van der Waals surface area (Å²) in [6, 6.07) is 4.47. The van der Waals surface area contributed by atoms with Gasteiger partial charge < -0.3 is 10.5 Å². The van der Waals surface area contributed by atoms with Gasteiger partial charge in [0.1, 0.15) is 0 Å². The number of hydrogen-bond donors (Lipinski definition) is 1. The van der Waals surface area contributed by atoms with E-state index in [1.54, 1.807) is 0 Å². The molecule has 0 radical (unpaired) electrons. The van der Waals surface area contributed by atoms with Gasteiger partial charge in [-0.05, 0) is 62.6 Å². The Bertz CT molecular complexity index is 432. The van der Waals surface area contributed by atoms with Gasteiger partial charge in [-0.1, -0.05) is 24.6 Å². The van der Waals surface area contributed by atoms with Gasteiger partial charge in [0, 0.05) is 6.54 Å². The standard InChI is InChI=1S/C17H27NO/c1-12-5-6-17(9-12,11-18)19-10-16-14(3)7-13(2)8-15(16)4/h7-8,12H,5-6,9-11,18H2,1-4H3. The Labute approximate surface area is 117 Å². The Morgan fingerprint density at radius 2 is 1.89 bits per heavy atom. The maximum absolute atomic E-state index is 6.27. The third kappa shape index (κ3) is 3.18. The molecule has 106 valence electrons. The van der Waals surface area contributed by atoms with Crippen LogP contribution in [0.4, 0.5) is 0 Å². The summed E-state index contributed by atoms with van der Waals surface area (Å²) in [5.74, 6) is 0.740. The van der Waals surface area contributed by atoms with Crippen molar-refractivity contribution in [2.75, 3.05) is 6.54 Å². The zero-order valence-electron chi connectivity index (χ0n) is 12.8. The van der Waals surface area contributed by atoms with Gasteiger partial charge in [0.05, 0.1) is 12.2 Å². The van der Waals surface area contributed by atoms with Crippen LogP contribution in [0.15, 0.2) is 12.1 Å². The van der Waals surface area contributed by atoms with Crippen LogP contribution in [0.1, 0.15) is 48.4 Å². The molecular weight excluding hydrogens is 234 g/mol. The van der Waals surface area contributed by atoms with E-state index in [1.165, 1.54) is 28.7 Å². The molecule has 2 N–H and O–H groups in total.